The fourth-order valence-electron chi connectivity index (χ4n) is 5.96. The van der Waals surface area contributed by atoms with Gasteiger partial charge in [0.1, 0.15) is 0 Å². The fourth-order valence-corrected chi connectivity index (χ4v) is 9.33. The number of thiophene rings is 2. The highest BCUT2D eigenvalue weighted by atomic mass is 79.9. The third-order valence-electron chi connectivity index (χ3n) is 8.41. The van der Waals surface area contributed by atoms with Crippen molar-refractivity contribution in [2.75, 3.05) is 0 Å². The Kier molecular flexibility index (Phi) is 10.8. The molecule has 0 aliphatic heterocycles. The van der Waals surface area contributed by atoms with E-state index in [1.807, 2.05) is 22.7 Å². The highest BCUT2D eigenvalue weighted by Crippen LogP contribution is 2.54. The molecule has 0 saturated carbocycles. The van der Waals surface area contributed by atoms with Crippen LogP contribution in [0.1, 0.15) is 152 Å². The fraction of sp³-hybridized carbons (Fsp3) is 0.474. The Hall–Kier alpha value is -1.20. The van der Waals surface area contributed by atoms with Gasteiger partial charge in [-0.05, 0) is 124 Å². The molecule has 0 saturated heterocycles. The third-order valence-corrected chi connectivity index (χ3v) is 11.9. The molecule has 4 rings (SSSR count). The van der Waals surface area contributed by atoms with Crippen LogP contribution >= 0.6 is 54.5 Å². The van der Waals surface area contributed by atoms with Gasteiger partial charge in [-0.15, -0.1) is 22.7 Å². The molecule has 0 aliphatic carbocycles. The summed E-state index contributed by atoms with van der Waals surface area (Å²) >= 11 is 11.6. The SMILES string of the molecule is CC(C)c1cc(C(C)C)c(-c2cc(Br)sc2-c2sc(Br)cc2-c2c(C(C)C)cc(C(C)C)cc2C(C)C)c(C(C)C)c1. The van der Waals surface area contributed by atoms with Gasteiger partial charge >= 0.3 is 0 Å². The van der Waals surface area contributed by atoms with E-state index in [2.05, 4.69) is 151 Å². The van der Waals surface area contributed by atoms with Crippen LogP contribution in [0.25, 0.3) is 32.0 Å². The molecule has 4 heteroatoms. The van der Waals surface area contributed by atoms with Crippen molar-refractivity contribution in [1.29, 1.82) is 0 Å². The first-order valence-electron chi connectivity index (χ1n) is 15.6. The molecule has 0 aliphatic rings. The molecule has 0 N–H and O–H groups in total. The molecule has 2 heterocycles. The van der Waals surface area contributed by atoms with E-state index < -0.39 is 0 Å². The predicted octanol–water partition coefficient (Wildman–Crippen LogP) is 15.1. The molecular formula is C38H48Br2S2. The van der Waals surface area contributed by atoms with E-state index in [1.165, 1.54) is 73.0 Å². The first-order chi connectivity index (χ1) is 19.6. The number of rotatable bonds is 9. The average Bonchev–Trinajstić information content (AvgIpc) is 3.48. The van der Waals surface area contributed by atoms with E-state index >= 15 is 0 Å². The Balaban J connectivity index is 2.10. The molecule has 0 atom stereocenters. The Labute approximate surface area is 280 Å². The molecule has 4 aromatic rings. The second-order valence-electron chi connectivity index (χ2n) is 13.7. The lowest BCUT2D eigenvalue weighted by Gasteiger charge is -2.24. The largest absolute Gasteiger partial charge is 0.127 e. The number of hydrogen-bond acceptors (Lipinski definition) is 2. The Morgan fingerprint density at radius 3 is 0.881 bits per heavy atom. The molecule has 42 heavy (non-hydrogen) atoms. The normalized spacial score (nSPS) is 12.4. The molecule has 0 bridgehead atoms. The summed E-state index contributed by atoms with van der Waals surface area (Å²) in [7, 11) is 0. The smallest absolute Gasteiger partial charge is 0.0711 e. The standard InChI is InChI=1S/C38H48Br2S2/c1-19(2)25-13-27(21(5)6)35(28(14-25)22(7)8)31-17-33(39)41-37(31)38-32(18-34(40)42-38)36-29(23(9)10)15-26(20(3)4)16-30(36)24(11)12/h13-24H,1-12H3. The lowest BCUT2D eigenvalue weighted by Crippen LogP contribution is -2.04. The monoisotopic (exact) mass is 726 g/mol. The van der Waals surface area contributed by atoms with Crippen LogP contribution < -0.4 is 0 Å². The minimum absolute atomic E-state index is 0.431. The second-order valence-corrected chi connectivity index (χ2v) is 18.5. The van der Waals surface area contributed by atoms with Gasteiger partial charge in [-0.1, -0.05) is 107 Å². The van der Waals surface area contributed by atoms with E-state index in [9.17, 15) is 0 Å². The van der Waals surface area contributed by atoms with Crippen LogP contribution in [0.5, 0.6) is 0 Å². The lowest BCUT2D eigenvalue weighted by molar-refractivity contribution is 0.807. The zero-order chi connectivity index (χ0) is 31.2. The van der Waals surface area contributed by atoms with E-state index in [1.54, 1.807) is 0 Å². The van der Waals surface area contributed by atoms with Gasteiger partial charge < -0.3 is 0 Å². The van der Waals surface area contributed by atoms with Crippen LogP contribution in [0.15, 0.2) is 44.0 Å². The van der Waals surface area contributed by atoms with Gasteiger partial charge in [0.2, 0.25) is 0 Å². The molecule has 226 valence electrons. The molecule has 2 aromatic carbocycles. The summed E-state index contributed by atoms with van der Waals surface area (Å²) in [5.41, 5.74) is 14.3. The number of halogens is 2. The first kappa shape index (κ1) is 33.7. The molecule has 0 unspecified atom stereocenters. The molecule has 2 aromatic heterocycles. The summed E-state index contributed by atoms with van der Waals surface area (Å²) in [6, 6.07) is 14.7. The molecule has 0 amide bonds. The summed E-state index contributed by atoms with van der Waals surface area (Å²) in [6.07, 6.45) is 0. The maximum absolute atomic E-state index is 3.94. The zero-order valence-electron chi connectivity index (χ0n) is 27.5. The van der Waals surface area contributed by atoms with Gasteiger partial charge in [0.15, 0.2) is 0 Å². The summed E-state index contributed by atoms with van der Waals surface area (Å²) in [5.74, 6) is 2.73. The van der Waals surface area contributed by atoms with Crippen LogP contribution in [0.2, 0.25) is 0 Å². The van der Waals surface area contributed by atoms with Crippen LogP contribution in [0, 0.1) is 0 Å². The van der Waals surface area contributed by atoms with Crippen molar-refractivity contribution in [3.8, 4) is 32.0 Å². The minimum Gasteiger partial charge on any atom is -0.127 e. The second kappa shape index (κ2) is 13.4. The molecule has 0 nitrogen and oxygen atoms in total. The summed E-state index contributed by atoms with van der Waals surface area (Å²) in [5, 5.41) is 0. The van der Waals surface area contributed by atoms with Crippen LogP contribution in [-0.4, -0.2) is 0 Å². The van der Waals surface area contributed by atoms with Crippen molar-refractivity contribution < 1.29 is 0 Å². The number of benzene rings is 2. The van der Waals surface area contributed by atoms with E-state index in [-0.39, 0.29) is 0 Å². The molecule has 0 radical (unpaired) electrons. The third kappa shape index (κ3) is 6.72. The Morgan fingerprint density at radius 2 is 0.667 bits per heavy atom. The van der Waals surface area contributed by atoms with Gasteiger partial charge in [-0.2, -0.15) is 0 Å². The maximum Gasteiger partial charge on any atom is 0.0711 e. The van der Waals surface area contributed by atoms with E-state index in [4.69, 9.17) is 0 Å². The highest BCUT2D eigenvalue weighted by Gasteiger charge is 2.28. The predicted molar refractivity (Wildman–Crippen MR) is 198 cm³/mol. The van der Waals surface area contributed by atoms with Gasteiger partial charge in [-0.3, -0.25) is 0 Å². The maximum atomic E-state index is 3.94. The van der Waals surface area contributed by atoms with Crippen molar-refractivity contribution in [3.63, 3.8) is 0 Å². The summed E-state index contributed by atoms with van der Waals surface area (Å²) < 4.78 is 2.37. The summed E-state index contributed by atoms with van der Waals surface area (Å²) in [6.45, 7) is 28.0. The Bertz CT molecular complexity index is 1380. The van der Waals surface area contributed by atoms with Gasteiger partial charge in [-0.25, -0.2) is 0 Å². The Morgan fingerprint density at radius 1 is 0.405 bits per heavy atom. The van der Waals surface area contributed by atoms with Crippen LogP contribution in [-0.2, 0) is 0 Å². The van der Waals surface area contributed by atoms with E-state index in [0.717, 1.165) is 0 Å². The van der Waals surface area contributed by atoms with Gasteiger partial charge in [0.25, 0.3) is 0 Å². The molecule has 0 spiro atoms. The summed E-state index contributed by atoms with van der Waals surface area (Å²) in [4.78, 5) is 2.73. The van der Waals surface area contributed by atoms with Crippen molar-refractivity contribution in [2.24, 2.45) is 0 Å². The van der Waals surface area contributed by atoms with E-state index in [0.29, 0.717) is 35.5 Å². The van der Waals surface area contributed by atoms with Crippen molar-refractivity contribution >= 4 is 54.5 Å². The zero-order valence-corrected chi connectivity index (χ0v) is 32.3. The van der Waals surface area contributed by atoms with Gasteiger partial charge in [0.05, 0.1) is 17.3 Å². The minimum atomic E-state index is 0.431. The molecule has 0 fully saturated rings. The number of hydrogen-bond donors (Lipinski definition) is 0. The van der Waals surface area contributed by atoms with Crippen molar-refractivity contribution in [2.45, 2.75) is 119 Å². The molecular weight excluding hydrogens is 680 g/mol. The average molecular weight is 729 g/mol. The lowest BCUT2D eigenvalue weighted by atomic mass is 9.80. The first-order valence-corrected chi connectivity index (χ1v) is 18.8. The van der Waals surface area contributed by atoms with Gasteiger partial charge in [0, 0.05) is 11.1 Å². The van der Waals surface area contributed by atoms with Crippen molar-refractivity contribution in [3.05, 3.63) is 77.4 Å². The topological polar surface area (TPSA) is 0 Å². The van der Waals surface area contributed by atoms with Crippen molar-refractivity contribution in [1.82, 2.24) is 0 Å². The van der Waals surface area contributed by atoms with Crippen LogP contribution in [0.4, 0.5) is 0 Å². The highest BCUT2D eigenvalue weighted by molar-refractivity contribution is 9.11. The van der Waals surface area contributed by atoms with Crippen LogP contribution in [0.3, 0.4) is 0 Å². The quantitative estimate of drug-likeness (QED) is 0.161.